The molecule has 6 rings (SSSR count). The normalized spacial score (nSPS) is 10.7. The van der Waals surface area contributed by atoms with Gasteiger partial charge in [-0.15, -0.1) is 23.3 Å². The van der Waals surface area contributed by atoms with Crippen molar-refractivity contribution in [3.8, 4) is 33.5 Å². The van der Waals surface area contributed by atoms with Gasteiger partial charge in [0, 0.05) is 11.9 Å². The van der Waals surface area contributed by atoms with Crippen LogP contribution >= 0.6 is 7.92 Å². The van der Waals surface area contributed by atoms with Gasteiger partial charge in [0.1, 0.15) is 0 Å². The van der Waals surface area contributed by atoms with Crippen molar-refractivity contribution in [3.05, 3.63) is 163 Å². The molecule has 0 saturated heterocycles. The van der Waals surface area contributed by atoms with Gasteiger partial charge in [-0.05, 0) is 35.9 Å². The first-order valence-electron chi connectivity index (χ1n) is 12.9. The van der Waals surface area contributed by atoms with Crippen LogP contribution in [0.4, 0.5) is 0 Å². The molecule has 0 aliphatic carbocycles. The molecule has 0 aliphatic heterocycles. The molecule has 190 valence electrons. The molecule has 39 heavy (non-hydrogen) atoms. The van der Waals surface area contributed by atoms with Crippen LogP contribution in [0.15, 0.2) is 146 Å². The minimum atomic E-state index is -1.00. The molecule has 0 radical (unpaired) electrons. The third-order valence-corrected chi connectivity index (χ3v) is 9.47. The second-order valence-corrected chi connectivity index (χ2v) is 11.7. The first kappa shape index (κ1) is 27.0. The minimum Gasteiger partial charge on any atom is -0.295 e. The van der Waals surface area contributed by atoms with Gasteiger partial charge in [0.25, 0.3) is 0 Å². The van der Waals surface area contributed by atoms with Gasteiger partial charge >= 0.3 is 21.1 Å². The maximum atomic E-state index is 4.61. The summed E-state index contributed by atoms with van der Waals surface area (Å²) in [5, 5.41) is 2.83. The predicted molar refractivity (Wildman–Crippen MR) is 162 cm³/mol. The van der Waals surface area contributed by atoms with Crippen LogP contribution in [-0.4, -0.2) is 4.98 Å². The smallest absolute Gasteiger partial charge is 0.295 e. The van der Waals surface area contributed by atoms with Crippen molar-refractivity contribution in [3.63, 3.8) is 0 Å². The Morgan fingerprint density at radius 2 is 1.13 bits per heavy atom. The van der Waals surface area contributed by atoms with Crippen LogP contribution in [0.2, 0.25) is 0 Å². The fraction of sp³-hybridized carbons (Fsp3) is 0.0278. The van der Waals surface area contributed by atoms with E-state index in [2.05, 4.69) is 138 Å². The summed E-state index contributed by atoms with van der Waals surface area (Å²) in [7, 11) is -1.00. The third-order valence-electron chi connectivity index (χ3n) is 6.67. The van der Waals surface area contributed by atoms with Crippen molar-refractivity contribution >= 4 is 18.5 Å². The molecule has 1 nitrogen and oxygen atoms in total. The quantitative estimate of drug-likeness (QED) is 0.122. The molecule has 0 unspecified atom stereocenters. The molecule has 0 saturated carbocycles. The summed E-state index contributed by atoms with van der Waals surface area (Å²) in [6.45, 7) is 0. The van der Waals surface area contributed by atoms with Crippen LogP contribution in [0.1, 0.15) is 5.56 Å². The molecular formula is C36H27NPPt+. The number of hydrogen-bond acceptors (Lipinski definition) is 1. The number of rotatable bonds is 7. The molecule has 0 aliphatic rings. The van der Waals surface area contributed by atoms with E-state index in [0.717, 1.165) is 34.1 Å². The van der Waals surface area contributed by atoms with Gasteiger partial charge in [-0.25, -0.2) is 5.56 Å². The monoisotopic (exact) mass is 699 g/mol. The van der Waals surface area contributed by atoms with Crippen LogP contribution in [0.5, 0.6) is 0 Å². The van der Waals surface area contributed by atoms with E-state index >= 15 is 0 Å². The zero-order valence-electron chi connectivity index (χ0n) is 21.3. The van der Waals surface area contributed by atoms with E-state index in [0.29, 0.717) is 0 Å². The number of hydrogen-bond donors (Lipinski definition) is 0. The van der Waals surface area contributed by atoms with Gasteiger partial charge in [-0.2, -0.15) is 35.9 Å². The molecule has 0 bridgehead atoms. The standard InChI is InChI=1S/C36H26NP.Pt/c1-4-14-29(15-5-1)31-24-32(26-33(25-31)36-21-10-11-22-37-36)30-16-12-13-28(23-30)27-38(34-17-6-2-7-18-34)35-19-8-3-9-20-35;/h1-22,24-25H,27H2;/q-2;+2/p+1. The number of aromatic nitrogens is 1. The van der Waals surface area contributed by atoms with Crippen molar-refractivity contribution in [2.75, 3.05) is 0 Å². The maximum absolute atomic E-state index is 4.61. The molecule has 0 amide bonds. The Labute approximate surface area is 246 Å². The van der Waals surface area contributed by atoms with Gasteiger partial charge in [0.15, 0.2) is 0 Å². The number of benzene rings is 5. The van der Waals surface area contributed by atoms with Gasteiger partial charge in [0.2, 0.25) is 0 Å². The van der Waals surface area contributed by atoms with E-state index < -0.39 is 7.92 Å². The average Bonchev–Trinajstić information content (AvgIpc) is 3.01. The second kappa shape index (κ2) is 12.9. The summed E-state index contributed by atoms with van der Waals surface area (Å²) in [6, 6.07) is 56.7. The molecule has 3 heteroatoms. The van der Waals surface area contributed by atoms with Crippen molar-refractivity contribution in [1.29, 1.82) is 0 Å². The first-order valence-corrected chi connectivity index (χ1v) is 14.6. The van der Waals surface area contributed by atoms with E-state index in [1.54, 1.807) is 0 Å². The van der Waals surface area contributed by atoms with Crippen molar-refractivity contribution in [2.24, 2.45) is 0 Å². The predicted octanol–water partition coefficient (Wildman–Crippen LogP) is 8.05. The average molecular weight is 700 g/mol. The van der Waals surface area contributed by atoms with E-state index in [-0.39, 0.29) is 21.1 Å². The molecule has 0 N–H and O–H groups in total. The topological polar surface area (TPSA) is 12.9 Å². The Morgan fingerprint density at radius 1 is 0.513 bits per heavy atom. The van der Waals surface area contributed by atoms with Crippen molar-refractivity contribution in [2.45, 2.75) is 6.16 Å². The molecule has 0 atom stereocenters. The summed E-state index contributed by atoms with van der Waals surface area (Å²) < 4.78 is 0. The van der Waals surface area contributed by atoms with Gasteiger partial charge in [0.05, 0.1) is 24.7 Å². The Bertz CT molecular complexity index is 1520. The van der Waals surface area contributed by atoms with Crippen LogP contribution in [0.3, 0.4) is 0 Å². The Kier molecular flexibility index (Phi) is 8.95. The Hall–Kier alpha value is -3.63. The summed E-state index contributed by atoms with van der Waals surface area (Å²) in [6.07, 6.45) is 2.81. The van der Waals surface area contributed by atoms with Gasteiger partial charge in [-0.1, -0.05) is 84.4 Å². The fourth-order valence-electron chi connectivity index (χ4n) is 4.79. The van der Waals surface area contributed by atoms with E-state index in [4.69, 9.17) is 0 Å². The third kappa shape index (κ3) is 6.51. The van der Waals surface area contributed by atoms with Crippen molar-refractivity contribution < 1.29 is 21.1 Å². The van der Waals surface area contributed by atoms with Gasteiger partial charge < -0.3 is 0 Å². The molecule has 0 fully saturated rings. The SMILES string of the molecule is [Pt+2].[c-]1c(C[PH+](c2ccccc2)c2ccccc2)cccc1-c1[c-]c(-c2ccccn2)cc(-c2ccccc2)c1. The zero-order valence-corrected chi connectivity index (χ0v) is 24.6. The Balaban J connectivity index is 0.00000308. The molecule has 1 aromatic heterocycles. The van der Waals surface area contributed by atoms with Crippen LogP contribution in [0, 0.1) is 12.1 Å². The Morgan fingerprint density at radius 3 is 1.77 bits per heavy atom. The second-order valence-electron chi connectivity index (χ2n) is 9.25. The number of pyridine rings is 1. The fourth-order valence-corrected chi connectivity index (χ4v) is 7.31. The largest absolute Gasteiger partial charge is 2.00 e. The maximum Gasteiger partial charge on any atom is 2.00 e. The molecule has 0 spiro atoms. The van der Waals surface area contributed by atoms with Crippen LogP contribution in [0.25, 0.3) is 33.5 Å². The van der Waals surface area contributed by atoms with Crippen LogP contribution < -0.4 is 10.6 Å². The molecule has 6 aromatic rings. The van der Waals surface area contributed by atoms with Crippen molar-refractivity contribution in [1.82, 2.24) is 4.98 Å². The number of nitrogens with zero attached hydrogens (tertiary/aromatic N) is 1. The zero-order chi connectivity index (χ0) is 25.6. The van der Waals surface area contributed by atoms with Gasteiger partial charge in [-0.3, -0.25) is 4.98 Å². The summed E-state index contributed by atoms with van der Waals surface area (Å²) in [5.41, 5.74) is 7.54. The summed E-state index contributed by atoms with van der Waals surface area (Å²) >= 11 is 0. The minimum absolute atomic E-state index is 0. The summed E-state index contributed by atoms with van der Waals surface area (Å²) in [5.74, 6) is 0. The van der Waals surface area contributed by atoms with Crippen LogP contribution in [-0.2, 0) is 27.2 Å². The van der Waals surface area contributed by atoms with E-state index in [1.165, 1.54) is 21.7 Å². The first-order chi connectivity index (χ1) is 18.8. The van der Waals surface area contributed by atoms with E-state index in [9.17, 15) is 0 Å². The molecule has 5 aromatic carbocycles. The molecular weight excluding hydrogens is 672 g/mol. The van der Waals surface area contributed by atoms with E-state index in [1.807, 2.05) is 24.4 Å². The summed E-state index contributed by atoms with van der Waals surface area (Å²) in [4.78, 5) is 4.61. The molecule has 1 heterocycles.